The first-order chi connectivity index (χ1) is 11.6. The third kappa shape index (κ3) is 4.13. The summed E-state index contributed by atoms with van der Waals surface area (Å²) in [6.07, 6.45) is 4.11. The topological polar surface area (TPSA) is 40.5 Å². The molecule has 1 N–H and O–H groups in total. The van der Waals surface area contributed by atoms with Crippen molar-refractivity contribution in [3.8, 4) is 5.75 Å². The van der Waals surface area contributed by atoms with Crippen molar-refractivity contribution in [3.05, 3.63) is 65.5 Å². The Balaban J connectivity index is 1.47. The molecule has 3 nitrogen and oxygen atoms in total. The van der Waals surface area contributed by atoms with Crippen molar-refractivity contribution in [2.75, 3.05) is 13.1 Å². The molecule has 4 heteroatoms. The Labute approximate surface area is 141 Å². The van der Waals surface area contributed by atoms with Gasteiger partial charge in [-0.25, -0.2) is 4.39 Å². The van der Waals surface area contributed by atoms with Crippen molar-refractivity contribution >= 4 is 5.91 Å². The van der Waals surface area contributed by atoms with E-state index in [1.165, 1.54) is 17.7 Å². The van der Waals surface area contributed by atoms with Gasteiger partial charge in [0.15, 0.2) is 0 Å². The maximum Gasteiger partial charge on any atom is 0.253 e. The Hall–Kier alpha value is -2.36. The van der Waals surface area contributed by atoms with E-state index in [0.717, 1.165) is 38.8 Å². The fraction of sp³-hybridized carbons (Fsp3) is 0.350. The zero-order chi connectivity index (χ0) is 16.9. The first-order valence-corrected chi connectivity index (χ1v) is 8.44. The van der Waals surface area contributed by atoms with E-state index in [-0.39, 0.29) is 11.7 Å². The molecule has 0 atom stereocenters. The number of hydrogen-bond acceptors (Lipinski definition) is 2. The molecule has 2 aromatic rings. The minimum Gasteiger partial charge on any atom is -0.508 e. The van der Waals surface area contributed by atoms with Crippen LogP contribution in [0.2, 0.25) is 0 Å². The van der Waals surface area contributed by atoms with Gasteiger partial charge in [-0.1, -0.05) is 12.1 Å². The lowest BCUT2D eigenvalue weighted by atomic mass is 9.90. The summed E-state index contributed by atoms with van der Waals surface area (Å²) in [5.41, 5.74) is 1.79. The molecule has 2 aromatic carbocycles. The fourth-order valence-corrected chi connectivity index (χ4v) is 3.23. The second kappa shape index (κ2) is 7.47. The van der Waals surface area contributed by atoms with Crippen LogP contribution >= 0.6 is 0 Å². The third-order valence-electron chi connectivity index (χ3n) is 4.77. The standard InChI is InChI=1S/C20H22FNO2/c21-18-7-5-17(6-8-18)20(24)22-13-11-16(12-14-22)2-1-15-3-9-19(23)10-4-15/h3-10,16,23H,1-2,11-14H2. The minimum absolute atomic E-state index is 0.00742. The zero-order valence-corrected chi connectivity index (χ0v) is 13.6. The van der Waals surface area contributed by atoms with Crippen molar-refractivity contribution in [1.29, 1.82) is 0 Å². The van der Waals surface area contributed by atoms with Gasteiger partial charge in [-0.2, -0.15) is 0 Å². The highest BCUT2D eigenvalue weighted by Gasteiger charge is 2.23. The number of piperidine rings is 1. The molecule has 0 unspecified atom stereocenters. The van der Waals surface area contributed by atoms with E-state index in [4.69, 9.17) is 0 Å². The number of amides is 1. The summed E-state index contributed by atoms with van der Waals surface area (Å²) in [6, 6.07) is 13.1. The highest BCUT2D eigenvalue weighted by molar-refractivity contribution is 5.94. The third-order valence-corrected chi connectivity index (χ3v) is 4.77. The Morgan fingerprint density at radius 2 is 1.67 bits per heavy atom. The first-order valence-electron chi connectivity index (χ1n) is 8.44. The predicted molar refractivity (Wildman–Crippen MR) is 91.5 cm³/mol. The lowest BCUT2D eigenvalue weighted by Crippen LogP contribution is -2.38. The Morgan fingerprint density at radius 1 is 1.04 bits per heavy atom. The Morgan fingerprint density at radius 3 is 2.29 bits per heavy atom. The van der Waals surface area contributed by atoms with Gasteiger partial charge in [-0.05, 0) is 73.6 Å². The molecular formula is C20H22FNO2. The summed E-state index contributed by atoms with van der Waals surface area (Å²) in [7, 11) is 0. The molecule has 0 aliphatic carbocycles. The molecule has 1 saturated heterocycles. The van der Waals surface area contributed by atoms with E-state index in [0.29, 0.717) is 17.2 Å². The summed E-state index contributed by atoms with van der Waals surface area (Å²) < 4.78 is 13.0. The number of aryl methyl sites for hydroxylation is 1. The van der Waals surface area contributed by atoms with Gasteiger partial charge in [0.25, 0.3) is 5.91 Å². The van der Waals surface area contributed by atoms with Crippen LogP contribution in [0, 0.1) is 11.7 Å². The van der Waals surface area contributed by atoms with Crippen molar-refractivity contribution < 1.29 is 14.3 Å². The lowest BCUT2D eigenvalue weighted by Gasteiger charge is -2.32. The van der Waals surface area contributed by atoms with Gasteiger partial charge in [0.05, 0.1) is 0 Å². The summed E-state index contributed by atoms with van der Waals surface area (Å²) >= 11 is 0. The van der Waals surface area contributed by atoms with Crippen LogP contribution in [-0.4, -0.2) is 29.0 Å². The molecule has 1 amide bonds. The van der Waals surface area contributed by atoms with E-state index >= 15 is 0 Å². The molecule has 1 heterocycles. The van der Waals surface area contributed by atoms with E-state index in [1.807, 2.05) is 17.0 Å². The van der Waals surface area contributed by atoms with Gasteiger partial charge in [-0.3, -0.25) is 4.79 Å². The van der Waals surface area contributed by atoms with E-state index < -0.39 is 0 Å². The van der Waals surface area contributed by atoms with Crippen LogP contribution in [0.15, 0.2) is 48.5 Å². The molecule has 0 aromatic heterocycles. The smallest absolute Gasteiger partial charge is 0.253 e. The van der Waals surface area contributed by atoms with Crippen molar-refractivity contribution in [2.45, 2.75) is 25.7 Å². The van der Waals surface area contributed by atoms with E-state index in [2.05, 4.69) is 0 Å². The van der Waals surface area contributed by atoms with Crippen LogP contribution in [0.1, 0.15) is 35.2 Å². The largest absolute Gasteiger partial charge is 0.508 e. The molecule has 1 fully saturated rings. The second-order valence-corrected chi connectivity index (χ2v) is 6.45. The molecule has 0 radical (unpaired) electrons. The Kier molecular flexibility index (Phi) is 5.14. The predicted octanol–water partition coefficient (Wildman–Crippen LogP) is 4.02. The highest BCUT2D eigenvalue weighted by atomic mass is 19.1. The number of benzene rings is 2. The van der Waals surface area contributed by atoms with Gasteiger partial charge < -0.3 is 10.0 Å². The highest BCUT2D eigenvalue weighted by Crippen LogP contribution is 2.24. The molecule has 1 aliphatic rings. The van der Waals surface area contributed by atoms with E-state index in [9.17, 15) is 14.3 Å². The number of carbonyl (C=O) groups is 1. The average molecular weight is 327 g/mol. The van der Waals surface area contributed by atoms with E-state index in [1.54, 1.807) is 24.3 Å². The van der Waals surface area contributed by atoms with Gasteiger partial charge in [0, 0.05) is 18.7 Å². The minimum atomic E-state index is -0.320. The van der Waals surface area contributed by atoms with Gasteiger partial charge >= 0.3 is 0 Å². The summed E-state index contributed by atoms with van der Waals surface area (Å²) in [5.74, 6) is 0.592. The zero-order valence-electron chi connectivity index (χ0n) is 13.6. The quantitative estimate of drug-likeness (QED) is 0.921. The number of aromatic hydroxyl groups is 1. The SMILES string of the molecule is O=C(c1ccc(F)cc1)N1CCC(CCc2ccc(O)cc2)CC1. The second-order valence-electron chi connectivity index (χ2n) is 6.45. The van der Waals surface area contributed by atoms with Crippen LogP contribution in [0.4, 0.5) is 4.39 Å². The maximum atomic E-state index is 13.0. The Bertz CT molecular complexity index is 674. The van der Waals surface area contributed by atoms with Crippen molar-refractivity contribution in [2.24, 2.45) is 5.92 Å². The molecule has 24 heavy (non-hydrogen) atoms. The monoisotopic (exact) mass is 327 g/mol. The number of likely N-dealkylation sites (tertiary alicyclic amines) is 1. The summed E-state index contributed by atoms with van der Waals surface area (Å²) in [4.78, 5) is 14.3. The van der Waals surface area contributed by atoms with Crippen molar-refractivity contribution in [3.63, 3.8) is 0 Å². The normalized spacial score (nSPS) is 15.5. The van der Waals surface area contributed by atoms with Crippen LogP contribution in [-0.2, 0) is 6.42 Å². The van der Waals surface area contributed by atoms with Crippen LogP contribution in [0.3, 0.4) is 0 Å². The molecule has 0 bridgehead atoms. The van der Waals surface area contributed by atoms with Crippen LogP contribution in [0.5, 0.6) is 5.75 Å². The van der Waals surface area contributed by atoms with Gasteiger partial charge in [0.1, 0.15) is 11.6 Å². The molecule has 0 saturated carbocycles. The number of rotatable bonds is 4. The number of phenolic OH excluding ortho intramolecular Hbond substituents is 1. The molecule has 1 aliphatic heterocycles. The molecule has 0 spiro atoms. The molecule has 126 valence electrons. The van der Waals surface area contributed by atoms with Gasteiger partial charge in [-0.15, -0.1) is 0 Å². The van der Waals surface area contributed by atoms with Crippen molar-refractivity contribution in [1.82, 2.24) is 4.90 Å². The number of hydrogen-bond donors (Lipinski definition) is 1. The number of phenols is 1. The number of carbonyl (C=O) groups excluding carboxylic acids is 1. The molecular weight excluding hydrogens is 305 g/mol. The number of halogens is 1. The lowest BCUT2D eigenvalue weighted by molar-refractivity contribution is 0.0687. The fourth-order valence-electron chi connectivity index (χ4n) is 3.23. The average Bonchev–Trinajstić information content (AvgIpc) is 2.62. The number of nitrogens with zero attached hydrogens (tertiary/aromatic N) is 1. The van der Waals surface area contributed by atoms with Crippen LogP contribution in [0.25, 0.3) is 0 Å². The summed E-state index contributed by atoms with van der Waals surface area (Å²) in [6.45, 7) is 1.52. The first kappa shape index (κ1) is 16.5. The molecule has 3 rings (SSSR count). The van der Waals surface area contributed by atoms with Crippen LogP contribution < -0.4 is 0 Å². The summed E-state index contributed by atoms with van der Waals surface area (Å²) in [5, 5.41) is 9.31. The maximum absolute atomic E-state index is 13.0. The van der Waals surface area contributed by atoms with Gasteiger partial charge in [0.2, 0.25) is 0 Å².